The molecule has 0 fully saturated rings. The van der Waals surface area contributed by atoms with Crippen molar-refractivity contribution in [3.8, 4) is 36.4 Å². The number of halogens is 4. The Hall–Kier alpha value is -9.18. The zero-order chi connectivity index (χ0) is 36.9. The molecule has 0 aliphatic rings. The Morgan fingerprint density at radius 1 is 0.460 bits per heavy atom. The zero-order valence-electron chi connectivity index (χ0n) is 23.7. The maximum atomic E-state index is 13.6. The van der Waals surface area contributed by atoms with Crippen LogP contribution in [0.15, 0.2) is 0 Å². The smallest absolute Gasteiger partial charge is 0.358 e. The monoisotopic (exact) mass is 660 g/mol. The number of hydrogen-bond donors (Lipinski definition) is 0. The molecule has 0 N–H and O–H groups in total. The lowest BCUT2D eigenvalue weighted by Gasteiger charge is -2.06. The summed E-state index contributed by atoms with van der Waals surface area (Å²) in [6.45, 7) is 27.5. The quantitative estimate of drug-likeness (QED) is 0.100. The summed E-state index contributed by atoms with van der Waals surface area (Å²) < 4.78 is 54.6. The van der Waals surface area contributed by atoms with Gasteiger partial charge in [-0.2, -0.15) is 41.3 Å². The molecule has 0 aliphatic carbocycles. The van der Waals surface area contributed by atoms with Crippen LogP contribution in [0.3, 0.4) is 0 Å². The van der Waals surface area contributed by atoms with Gasteiger partial charge in [0.1, 0.15) is 82.4 Å². The van der Waals surface area contributed by atoms with Crippen LogP contribution in [0.5, 0.6) is 0 Å². The number of hydrogen-bond acceptors (Lipinski definition) is 12. The van der Waals surface area contributed by atoms with Gasteiger partial charge in [-0.3, -0.25) is 0 Å². The number of rotatable bonds is 0. The van der Waals surface area contributed by atoms with Crippen molar-refractivity contribution in [1.29, 1.82) is 31.6 Å². The highest BCUT2D eigenvalue weighted by molar-refractivity contribution is 6.18. The Kier molecular flexibility index (Phi) is 9.06. The summed E-state index contributed by atoms with van der Waals surface area (Å²) in [5.74, 6) is -9.86. The van der Waals surface area contributed by atoms with Gasteiger partial charge in [-0.05, 0) is 0 Å². The minimum absolute atomic E-state index is 0.00714. The molecule has 20 heteroatoms. The molecule has 0 aliphatic heterocycles. The van der Waals surface area contributed by atoms with Gasteiger partial charge < -0.3 is 9.69 Å². The van der Waals surface area contributed by atoms with Crippen molar-refractivity contribution in [3.63, 3.8) is 0 Å². The van der Waals surface area contributed by atoms with E-state index in [0.29, 0.717) is 0 Å². The van der Waals surface area contributed by atoms with Crippen LogP contribution in [0.1, 0.15) is 22.8 Å². The molecule has 0 bridgehead atoms. The van der Waals surface area contributed by atoms with E-state index in [1.807, 2.05) is 0 Å². The van der Waals surface area contributed by atoms with Crippen molar-refractivity contribution in [2.75, 3.05) is 0 Å². The van der Waals surface area contributed by atoms with Crippen molar-refractivity contribution in [2.24, 2.45) is 0 Å². The largest absolute Gasteiger partial charge is 0.532 e. The highest BCUT2D eigenvalue weighted by atomic mass is 19.2. The second kappa shape index (κ2) is 13.4. The van der Waals surface area contributed by atoms with Crippen LogP contribution in [0, 0.1) is 118 Å². The number of nitrogens with zero attached hydrogens (tertiary/aromatic N) is 16. The van der Waals surface area contributed by atoms with Crippen molar-refractivity contribution >= 4 is 56.1 Å². The summed E-state index contributed by atoms with van der Waals surface area (Å²) >= 11 is 0. The van der Waals surface area contributed by atoms with Gasteiger partial charge in [0, 0.05) is 0 Å². The van der Waals surface area contributed by atoms with E-state index < -0.39 is 45.1 Å². The molecular weight excluding hydrogens is 660 g/mol. The van der Waals surface area contributed by atoms with Crippen LogP contribution in [-0.2, 0) is 0 Å². The lowest BCUT2D eigenvalue weighted by atomic mass is 10.1. The average Bonchev–Trinajstić information content (AvgIpc) is 3.15. The fourth-order valence-electron chi connectivity index (χ4n) is 4.06. The Morgan fingerprint density at radius 3 is 1.04 bits per heavy atom. The van der Waals surface area contributed by atoms with E-state index in [1.165, 1.54) is 0 Å². The summed E-state index contributed by atoms with van der Waals surface area (Å²) in [4.78, 5) is 36.0. The predicted octanol–water partition coefficient (Wildman–Crippen LogP) is 3.45. The van der Waals surface area contributed by atoms with Crippen LogP contribution in [0.4, 0.5) is 29.2 Å². The van der Waals surface area contributed by atoms with Crippen LogP contribution < -0.4 is 10.4 Å². The van der Waals surface area contributed by atoms with Gasteiger partial charge in [0.15, 0.2) is 46.0 Å². The first-order valence-electron chi connectivity index (χ1n) is 12.3. The number of nitriles is 6. The van der Waals surface area contributed by atoms with Gasteiger partial charge in [-0.25, -0.2) is 37.5 Å². The minimum atomic E-state index is -2.01. The van der Waals surface area contributed by atoms with Gasteiger partial charge >= 0.3 is 17.5 Å². The van der Waals surface area contributed by atoms with E-state index in [1.54, 1.807) is 24.3 Å². The van der Waals surface area contributed by atoms with E-state index in [-0.39, 0.29) is 67.5 Å². The Balaban J connectivity index is 0.000000246. The molecule has 228 valence electrons. The molecule has 0 saturated carbocycles. The topological polar surface area (TPSA) is 238 Å². The molecule has 3 aromatic heterocycles. The lowest BCUT2D eigenvalue weighted by molar-refractivity contribution is 0.434. The summed E-state index contributed by atoms with van der Waals surface area (Å²) in [5.41, 5.74) is -2.36. The number of benzene rings is 2. The summed E-state index contributed by atoms with van der Waals surface area (Å²) in [5, 5.41) is 51.2. The minimum Gasteiger partial charge on any atom is -0.358 e. The van der Waals surface area contributed by atoms with E-state index in [4.69, 9.17) is 36.8 Å². The Morgan fingerprint density at radius 2 is 0.760 bits per heavy atom. The van der Waals surface area contributed by atoms with E-state index in [0.717, 1.165) is 12.1 Å². The molecule has 5 aromatic rings. The van der Waals surface area contributed by atoms with Gasteiger partial charge in [0.05, 0.1) is 5.22 Å². The van der Waals surface area contributed by atoms with Gasteiger partial charge in [0.2, 0.25) is 11.0 Å². The Bertz CT molecular complexity index is 2490. The summed E-state index contributed by atoms with van der Waals surface area (Å²) in [6.07, 6.45) is 0. The molecule has 0 atom stereocenters. The molecule has 0 saturated heterocycles. The fourth-order valence-corrected chi connectivity index (χ4v) is 4.06. The predicted molar refractivity (Wildman–Crippen MR) is 154 cm³/mol. The Labute approximate surface area is 273 Å². The average molecular weight is 660 g/mol. The van der Waals surface area contributed by atoms with Crippen LogP contribution in [0.2, 0.25) is 0 Å². The SMILES string of the molecule is [C-]#[N+]C([N+]#[C-])=c1c(F)c(F)c(=C(C#N)C#N)c(F)c1F.[C-]#[N+]c1nc2c(nc1C#N)c1nc(C#N)c(C#N)nc1c1nc(C#N)c([N+]#[C-])nc12. The molecule has 2 aromatic carbocycles. The number of fused-ring (bicyclic) bond motifs is 6. The van der Waals surface area contributed by atoms with Crippen molar-refractivity contribution in [1.82, 2.24) is 29.9 Å². The third-order valence-corrected chi connectivity index (χ3v) is 6.13. The first-order chi connectivity index (χ1) is 24.0. The molecule has 0 amide bonds. The van der Waals surface area contributed by atoms with Crippen molar-refractivity contribution in [2.45, 2.75) is 0 Å². The zero-order valence-corrected chi connectivity index (χ0v) is 23.7. The van der Waals surface area contributed by atoms with Crippen molar-refractivity contribution < 1.29 is 17.6 Å². The van der Waals surface area contributed by atoms with E-state index in [9.17, 15) is 38.6 Å². The third kappa shape index (κ3) is 5.25. The van der Waals surface area contributed by atoms with E-state index in [2.05, 4.69) is 49.3 Å². The van der Waals surface area contributed by atoms with Crippen LogP contribution in [0.25, 0.3) is 63.9 Å². The highest BCUT2D eigenvalue weighted by Gasteiger charge is 2.27. The summed E-state index contributed by atoms with van der Waals surface area (Å²) in [7, 11) is 0. The highest BCUT2D eigenvalue weighted by Crippen LogP contribution is 2.33. The molecule has 0 unspecified atom stereocenters. The molecule has 0 radical (unpaired) electrons. The van der Waals surface area contributed by atoms with Crippen molar-refractivity contribution in [3.05, 3.63) is 102 Å². The van der Waals surface area contributed by atoms with Gasteiger partial charge in [-0.1, -0.05) is 13.1 Å². The van der Waals surface area contributed by atoms with Crippen LogP contribution in [-0.4, -0.2) is 29.9 Å². The molecule has 0 spiro atoms. The number of aromatic nitrogens is 6. The maximum Gasteiger partial charge on any atom is 0.532 e. The van der Waals surface area contributed by atoms with Gasteiger partial charge in [-0.15, -0.1) is 9.97 Å². The summed E-state index contributed by atoms with van der Waals surface area (Å²) in [6, 6.07) is 9.23. The van der Waals surface area contributed by atoms with E-state index >= 15 is 0 Å². The second-order valence-corrected chi connectivity index (χ2v) is 8.63. The molecular formula is C30F4N16. The third-order valence-electron chi connectivity index (χ3n) is 6.13. The normalized spacial score (nSPS) is 9.40. The fraction of sp³-hybridized carbons (Fsp3) is 0. The second-order valence-electron chi connectivity index (χ2n) is 8.63. The van der Waals surface area contributed by atoms with Crippen LogP contribution >= 0.6 is 0 Å². The lowest BCUT2D eigenvalue weighted by Crippen LogP contribution is -2.30. The molecule has 16 nitrogen and oxygen atoms in total. The maximum absolute atomic E-state index is 13.6. The first kappa shape index (κ1) is 33.7. The standard InChI is InChI=1S/C18N12.C12F4N4/c1-23-17-9(5-21)27-13-11-12(26-8(4-20)7(3-19)25-11)14-16(15(13)29-17)30-18(24-2)10(6-22)28-14;1-19-12(20-2)7-10(15)8(13)6(5(3-17)4-18)9(14)11(7)16. The first-order valence-corrected chi connectivity index (χ1v) is 12.3. The molecule has 50 heavy (non-hydrogen) atoms. The molecule has 5 rings (SSSR count). The van der Waals surface area contributed by atoms with Gasteiger partial charge in [0.25, 0.3) is 0 Å². The molecule has 3 heterocycles.